The molecule has 2 aromatic carbocycles. The standard InChI is InChI=1S/C19H20FN3O2/c20-15-9-10-16(17(13-15)23-18(24)7-4-12-21)22-19(25)11-8-14-5-2-1-3-6-14/h1-3,5-6,8-11,13H,4,7,12,21H2,(H,22,25)(H,23,24)/b11-8+. The molecule has 0 bridgehead atoms. The van der Waals surface area contributed by atoms with Gasteiger partial charge in [-0.15, -0.1) is 0 Å². The molecule has 0 fully saturated rings. The highest BCUT2D eigenvalue weighted by atomic mass is 19.1. The lowest BCUT2D eigenvalue weighted by molar-refractivity contribution is -0.116. The normalized spacial score (nSPS) is 10.6. The molecular formula is C19H20FN3O2. The number of hydrogen-bond acceptors (Lipinski definition) is 3. The SMILES string of the molecule is NCCCC(=O)Nc1cc(F)ccc1NC(=O)/C=C/c1ccccc1. The van der Waals surface area contributed by atoms with Crippen molar-refractivity contribution < 1.29 is 14.0 Å². The first-order valence-electron chi connectivity index (χ1n) is 7.92. The summed E-state index contributed by atoms with van der Waals surface area (Å²) in [5, 5.41) is 5.23. The number of amides is 2. The van der Waals surface area contributed by atoms with Gasteiger partial charge < -0.3 is 16.4 Å². The van der Waals surface area contributed by atoms with E-state index in [1.807, 2.05) is 30.3 Å². The van der Waals surface area contributed by atoms with Gasteiger partial charge in [0.15, 0.2) is 0 Å². The van der Waals surface area contributed by atoms with Gasteiger partial charge in [-0.1, -0.05) is 30.3 Å². The molecule has 0 heterocycles. The largest absolute Gasteiger partial charge is 0.330 e. The van der Waals surface area contributed by atoms with Gasteiger partial charge in [-0.3, -0.25) is 9.59 Å². The van der Waals surface area contributed by atoms with Crippen LogP contribution in [0, 0.1) is 5.82 Å². The van der Waals surface area contributed by atoms with Crippen molar-refractivity contribution in [2.45, 2.75) is 12.8 Å². The number of nitrogens with two attached hydrogens (primary N) is 1. The summed E-state index contributed by atoms with van der Waals surface area (Å²) in [7, 11) is 0. The highest BCUT2D eigenvalue weighted by molar-refractivity contribution is 6.05. The topological polar surface area (TPSA) is 84.2 Å². The van der Waals surface area contributed by atoms with Crippen LogP contribution >= 0.6 is 0 Å². The molecule has 0 unspecified atom stereocenters. The van der Waals surface area contributed by atoms with E-state index >= 15 is 0 Å². The van der Waals surface area contributed by atoms with E-state index in [4.69, 9.17) is 5.73 Å². The van der Waals surface area contributed by atoms with Gasteiger partial charge in [0.05, 0.1) is 11.4 Å². The summed E-state index contributed by atoms with van der Waals surface area (Å²) in [6, 6.07) is 13.1. The molecule has 0 saturated carbocycles. The number of nitrogens with one attached hydrogen (secondary N) is 2. The maximum Gasteiger partial charge on any atom is 0.248 e. The zero-order valence-electron chi connectivity index (χ0n) is 13.7. The minimum atomic E-state index is -0.507. The van der Waals surface area contributed by atoms with Crippen LogP contribution in [0.4, 0.5) is 15.8 Å². The van der Waals surface area contributed by atoms with Gasteiger partial charge in [-0.05, 0) is 42.8 Å². The van der Waals surface area contributed by atoms with E-state index in [0.717, 1.165) is 11.6 Å². The smallest absolute Gasteiger partial charge is 0.248 e. The Hall–Kier alpha value is -2.99. The third-order valence-electron chi connectivity index (χ3n) is 3.35. The number of rotatable bonds is 7. The lowest BCUT2D eigenvalue weighted by Crippen LogP contribution is -2.16. The van der Waals surface area contributed by atoms with Gasteiger partial charge in [0.2, 0.25) is 11.8 Å². The van der Waals surface area contributed by atoms with Crippen LogP contribution in [0.5, 0.6) is 0 Å². The van der Waals surface area contributed by atoms with E-state index in [-0.39, 0.29) is 23.9 Å². The van der Waals surface area contributed by atoms with E-state index in [2.05, 4.69) is 10.6 Å². The molecule has 0 spiro atoms. The molecule has 0 aliphatic rings. The van der Waals surface area contributed by atoms with Crippen LogP contribution in [0.3, 0.4) is 0 Å². The Labute approximate surface area is 145 Å². The first-order valence-corrected chi connectivity index (χ1v) is 7.92. The second-order valence-electron chi connectivity index (χ2n) is 5.36. The Balaban J connectivity index is 2.06. The lowest BCUT2D eigenvalue weighted by atomic mass is 10.2. The van der Waals surface area contributed by atoms with E-state index in [1.165, 1.54) is 18.2 Å². The average molecular weight is 341 g/mol. The van der Waals surface area contributed by atoms with Crippen molar-refractivity contribution in [2.24, 2.45) is 5.73 Å². The summed E-state index contributed by atoms with van der Waals surface area (Å²) in [4.78, 5) is 23.9. The molecule has 25 heavy (non-hydrogen) atoms. The predicted octanol–water partition coefficient (Wildman–Crippen LogP) is 3.16. The van der Waals surface area contributed by atoms with Crippen molar-refractivity contribution in [1.29, 1.82) is 0 Å². The number of halogens is 1. The van der Waals surface area contributed by atoms with Gasteiger partial charge in [0, 0.05) is 12.5 Å². The van der Waals surface area contributed by atoms with Crippen molar-refractivity contribution in [3.63, 3.8) is 0 Å². The molecule has 4 N–H and O–H groups in total. The molecular weight excluding hydrogens is 321 g/mol. The molecule has 0 atom stereocenters. The van der Waals surface area contributed by atoms with Crippen molar-refractivity contribution in [3.05, 3.63) is 66.0 Å². The number of carbonyl (C=O) groups is 2. The van der Waals surface area contributed by atoms with Crippen LogP contribution in [-0.4, -0.2) is 18.4 Å². The Kier molecular flexibility index (Phi) is 6.86. The van der Waals surface area contributed by atoms with E-state index in [0.29, 0.717) is 18.7 Å². The fraction of sp³-hybridized carbons (Fsp3) is 0.158. The van der Waals surface area contributed by atoms with Crippen LogP contribution in [0.25, 0.3) is 6.08 Å². The molecule has 0 aromatic heterocycles. The molecule has 0 aliphatic carbocycles. The fourth-order valence-electron chi connectivity index (χ4n) is 2.11. The molecule has 5 nitrogen and oxygen atoms in total. The molecule has 0 saturated heterocycles. The molecule has 0 aliphatic heterocycles. The summed E-state index contributed by atoms with van der Waals surface area (Å²) in [5.74, 6) is -1.17. The van der Waals surface area contributed by atoms with Crippen molar-refractivity contribution in [2.75, 3.05) is 17.2 Å². The predicted molar refractivity (Wildman–Crippen MR) is 97.4 cm³/mol. The molecule has 130 valence electrons. The number of carbonyl (C=O) groups excluding carboxylic acids is 2. The van der Waals surface area contributed by atoms with Crippen LogP contribution in [0.1, 0.15) is 18.4 Å². The number of hydrogen-bond donors (Lipinski definition) is 3. The van der Waals surface area contributed by atoms with Crippen LogP contribution < -0.4 is 16.4 Å². The van der Waals surface area contributed by atoms with Gasteiger partial charge in [0.1, 0.15) is 5.82 Å². The average Bonchev–Trinajstić information content (AvgIpc) is 2.61. The number of benzene rings is 2. The van der Waals surface area contributed by atoms with Crippen LogP contribution in [0.2, 0.25) is 0 Å². The lowest BCUT2D eigenvalue weighted by Gasteiger charge is -2.11. The van der Waals surface area contributed by atoms with Crippen molar-refractivity contribution in [3.8, 4) is 0 Å². The highest BCUT2D eigenvalue weighted by Gasteiger charge is 2.10. The third kappa shape index (κ3) is 6.19. The molecule has 2 aromatic rings. The summed E-state index contributed by atoms with van der Waals surface area (Å²) < 4.78 is 13.5. The number of anilines is 2. The van der Waals surface area contributed by atoms with E-state index in [1.54, 1.807) is 6.08 Å². The Morgan fingerprint density at radius 2 is 1.80 bits per heavy atom. The van der Waals surface area contributed by atoms with Gasteiger partial charge in [-0.25, -0.2) is 4.39 Å². The van der Waals surface area contributed by atoms with Gasteiger partial charge >= 0.3 is 0 Å². The molecule has 0 radical (unpaired) electrons. The first kappa shape index (κ1) is 18.4. The molecule has 2 amide bonds. The van der Waals surface area contributed by atoms with E-state index < -0.39 is 5.82 Å². The zero-order valence-corrected chi connectivity index (χ0v) is 13.7. The monoisotopic (exact) mass is 341 g/mol. The Bertz CT molecular complexity index is 761. The molecule has 6 heteroatoms. The summed E-state index contributed by atoms with van der Waals surface area (Å²) in [6.45, 7) is 0.393. The highest BCUT2D eigenvalue weighted by Crippen LogP contribution is 2.23. The Morgan fingerprint density at radius 1 is 1.04 bits per heavy atom. The second kappa shape index (κ2) is 9.34. The van der Waals surface area contributed by atoms with Crippen molar-refractivity contribution >= 4 is 29.3 Å². The molecule has 2 rings (SSSR count). The van der Waals surface area contributed by atoms with E-state index in [9.17, 15) is 14.0 Å². The minimum Gasteiger partial charge on any atom is -0.330 e. The quantitative estimate of drug-likeness (QED) is 0.676. The Morgan fingerprint density at radius 3 is 2.52 bits per heavy atom. The first-order chi connectivity index (χ1) is 12.1. The summed E-state index contributed by atoms with van der Waals surface area (Å²) in [5.41, 5.74) is 6.78. The summed E-state index contributed by atoms with van der Waals surface area (Å²) >= 11 is 0. The van der Waals surface area contributed by atoms with Gasteiger partial charge in [-0.2, -0.15) is 0 Å². The van der Waals surface area contributed by atoms with Gasteiger partial charge in [0.25, 0.3) is 0 Å². The minimum absolute atomic E-state index is 0.212. The summed E-state index contributed by atoms with van der Waals surface area (Å²) in [6.07, 6.45) is 3.80. The maximum atomic E-state index is 13.5. The fourth-order valence-corrected chi connectivity index (χ4v) is 2.11. The maximum absolute atomic E-state index is 13.5. The third-order valence-corrected chi connectivity index (χ3v) is 3.35. The van der Waals surface area contributed by atoms with Crippen molar-refractivity contribution in [1.82, 2.24) is 0 Å². The van der Waals surface area contributed by atoms with Crippen LogP contribution in [-0.2, 0) is 9.59 Å². The second-order valence-corrected chi connectivity index (χ2v) is 5.36. The zero-order chi connectivity index (χ0) is 18.1. The van der Waals surface area contributed by atoms with Crippen LogP contribution in [0.15, 0.2) is 54.6 Å².